The third-order valence-electron chi connectivity index (χ3n) is 3.49. The van der Waals surface area contributed by atoms with E-state index in [2.05, 4.69) is 4.98 Å². The number of pyridine rings is 1. The lowest BCUT2D eigenvalue weighted by Crippen LogP contribution is -1.96. The molecule has 6 nitrogen and oxygen atoms in total. The molecule has 118 valence electrons. The van der Waals surface area contributed by atoms with Gasteiger partial charge in [0.2, 0.25) is 0 Å². The highest BCUT2D eigenvalue weighted by atomic mass is 16.5. The van der Waals surface area contributed by atoms with E-state index in [0.717, 1.165) is 10.9 Å². The molecule has 0 amide bonds. The number of hydrogen-bond donors (Lipinski definition) is 2. The predicted octanol–water partition coefficient (Wildman–Crippen LogP) is 3.21. The third kappa shape index (κ3) is 2.78. The van der Waals surface area contributed by atoms with Crippen molar-refractivity contribution in [2.45, 2.75) is 0 Å². The van der Waals surface area contributed by atoms with Gasteiger partial charge in [0.1, 0.15) is 11.5 Å². The number of nitrogen functional groups attached to an aromatic ring is 2. The van der Waals surface area contributed by atoms with Crippen LogP contribution in [0.5, 0.6) is 23.0 Å². The second kappa shape index (κ2) is 5.92. The summed E-state index contributed by atoms with van der Waals surface area (Å²) >= 11 is 0. The first kappa shape index (κ1) is 14.8. The highest BCUT2D eigenvalue weighted by Crippen LogP contribution is 2.37. The molecule has 0 spiro atoms. The third-order valence-corrected chi connectivity index (χ3v) is 3.49. The van der Waals surface area contributed by atoms with Gasteiger partial charge in [-0.1, -0.05) is 0 Å². The number of nitrogens with zero attached hydrogens (tertiary/aromatic N) is 1. The van der Waals surface area contributed by atoms with Crippen LogP contribution in [0.2, 0.25) is 0 Å². The van der Waals surface area contributed by atoms with Crippen LogP contribution in [-0.4, -0.2) is 19.2 Å². The van der Waals surface area contributed by atoms with Gasteiger partial charge < -0.3 is 25.7 Å². The van der Waals surface area contributed by atoms with E-state index in [9.17, 15) is 0 Å². The van der Waals surface area contributed by atoms with Crippen LogP contribution in [0.25, 0.3) is 10.9 Å². The Morgan fingerprint density at radius 3 is 2.26 bits per heavy atom. The van der Waals surface area contributed by atoms with Gasteiger partial charge in [0.05, 0.1) is 31.1 Å². The number of anilines is 2. The lowest BCUT2D eigenvalue weighted by molar-refractivity contribution is 0.355. The monoisotopic (exact) mass is 311 g/mol. The lowest BCUT2D eigenvalue weighted by Gasteiger charge is -2.12. The maximum absolute atomic E-state index is 5.93. The van der Waals surface area contributed by atoms with Crippen molar-refractivity contribution < 1.29 is 14.2 Å². The van der Waals surface area contributed by atoms with Crippen molar-refractivity contribution in [3.05, 3.63) is 42.6 Å². The number of methoxy groups -OCH3 is 2. The average Bonchev–Trinajstić information content (AvgIpc) is 2.57. The second-order valence-electron chi connectivity index (χ2n) is 4.93. The summed E-state index contributed by atoms with van der Waals surface area (Å²) in [6.45, 7) is 0. The first-order valence-electron chi connectivity index (χ1n) is 6.96. The quantitative estimate of drug-likeness (QED) is 0.719. The molecule has 0 unspecified atom stereocenters. The topological polar surface area (TPSA) is 92.6 Å². The molecule has 0 bridgehead atoms. The van der Waals surface area contributed by atoms with E-state index in [1.54, 1.807) is 50.7 Å². The Bertz CT molecular complexity index is 865. The molecule has 4 N–H and O–H groups in total. The van der Waals surface area contributed by atoms with Crippen molar-refractivity contribution in [3.8, 4) is 23.0 Å². The van der Waals surface area contributed by atoms with Gasteiger partial charge in [-0.05, 0) is 24.3 Å². The van der Waals surface area contributed by atoms with Gasteiger partial charge in [0.15, 0.2) is 11.5 Å². The summed E-state index contributed by atoms with van der Waals surface area (Å²) in [5.41, 5.74) is 13.3. The molecule has 1 heterocycles. The van der Waals surface area contributed by atoms with Crippen LogP contribution in [-0.2, 0) is 0 Å². The summed E-state index contributed by atoms with van der Waals surface area (Å²) in [5, 5.41) is 0.806. The van der Waals surface area contributed by atoms with Crippen molar-refractivity contribution in [1.82, 2.24) is 4.98 Å². The highest BCUT2D eigenvalue weighted by molar-refractivity contribution is 5.88. The lowest BCUT2D eigenvalue weighted by atomic mass is 10.1. The highest BCUT2D eigenvalue weighted by Gasteiger charge is 2.11. The second-order valence-corrected chi connectivity index (χ2v) is 4.93. The Balaban J connectivity index is 2.08. The summed E-state index contributed by atoms with van der Waals surface area (Å²) in [6.07, 6.45) is 1.67. The van der Waals surface area contributed by atoms with Crippen molar-refractivity contribution >= 4 is 22.3 Å². The SMILES string of the molecule is COc1cc2nccc(Oc3ccc(N)c(N)c3)c2cc1OC. The van der Waals surface area contributed by atoms with Crippen molar-refractivity contribution in [2.75, 3.05) is 25.7 Å². The maximum Gasteiger partial charge on any atom is 0.162 e. The van der Waals surface area contributed by atoms with E-state index < -0.39 is 0 Å². The standard InChI is InChI=1S/C17H17N3O3/c1-21-16-8-11-14(9-17(16)22-2)20-6-5-15(11)23-10-3-4-12(18)13(19)7-10/h3-9H,18-19H2,1-2H3. The first-order chi connectivity index (χ1) is 11.1. The zero-order chi connectivity index (χ0) is 16.4. The molecule has 0 saturated carbocycles. The summed E-state index contributed by atoms with van der Waals surface area (Å²) in [4.78, 5) is 4.34. The number of ether oxygens (including phenoxy) is 3. The van der Waals surface area contributed by atoms with Crippen LogP contribution < -0.4 is 25.7 Å². The predicted molar refractivity (Wildman–Crippen MR) is 90.2 cm³/mol. The molecule has 1 aromatic heterocycles. The van der Waals surface area contributed by atoms with Gasteiger partial charge >= 0.3 is 0 Å². The van der Waals surface area contributed by atoms with Crippen LogP contribution in [0, 0.1) is 0 Å². The van der Waals surface area contributed by atoms with Crippen molar-refractivity contribution in [1.29, 1.82) is 0 Å². The van der Waals surface area contributed by atoms with Gasteiger partial charge in [-0.3, -0.25) is 4.98 Å². The number of nitrogens with two attached hydrogens (primary N) is 2. The van der Waals surface area contributed by atoms with E-state index in [-0.39, 0.29) is 0 Å². The Kier molecular flexibility index (Phi) is 3.80. The van der Waals surface area contributed by atoms with Gasteiger partial charge in [-0.15, -0.1) is 0 Å². The van der Waals surface area contributed by atoms with E-state index >= 15 is 0 Å². The molecule has 0 aliphatic heterocycles. The fourth-order valence-corrected chi connectivity index (χ4v) is 2.28. The smallest absolute Gasteiger partial charge is 0.162 e. The number of fused-ring (bicyclic) bond motifs is 1. The molecule has 6 heteroatoms. The molecule has 0 aliphatic carbocycles. The minimum absolute atomic E-state index is 0.472. The fourth-order valence-electron chi connectivity index (χ4n) is 2.28. The maximum atomic E-state index is 5.93. The molecular formula is C17H17N3O3. The molecule has 23 heavy (non-hydrogen) atoms. The zero-order valence-electron chi connectivity index (χ0n) is 12.9. The van der Waals surface area contributed by atoms with E-state index in [4.69, 9.17) is 25.7 Å². The van der Waals surface area contributed by atoms with Crippen LogP contribution in [0.3, 0.4) is 0 Å². The molecule has 0 radical (unpaired) electrons. The average molecular weight is 311 g/mol. The van der Waals surface area contributed by atoms with Crippen LogP contribution in [0.15, 0.2) is 42.6 Å². The van der Waals surface area contributed by atoms with Gasteiger partial charge in [-0.25, -0.2) is 0 Å². The summed E-state index contributed by atoms with van der Waals surface area (Å²) in [7, 11) is 3.17. The first-order valence-corrected chi connectivity index (χ1v) is 6.96. The van der Waals surface area contributed by atoms with Gasteiger partial charge in [0.25, 0.3) is 0 Å². The Morgan fingerprint density at radius 1 is 0.826 bits per heavy atom. The largest absolute Gasteiger partial charge is 0.493 e. The number of rotatable bonds is 4. The summed E-state index contributed by atoms with van der Waals surface area (Å²) in [6, 6.07) is 10.6. The summed E-state index contributed by atoms with van der Waals surface area (Å²) in [5.74, 6) is 2.45. The van der Waals surface area contributed by atoms with Crippen molar-refractivity contribution in [2.24, 2.45) is 0 Å². The van der Waals surface area contributed by atoms with Crippen molar-refractivity contribution in [3.63, 3.8) is 0 Å². The molecule has 0 atom stereocenters. The van der Waals surface area contributed by atoms with E-state index in [0.29, 0.717) is 34.4 Å². The number of benzene rings is 2. The normalized spacial score (nSPS) is 10.5. The minimum atomic E-state index is 0.472. The van der Waals surface area contributed by atoms with Crippen LogP contribution in [0.1, 0.15) is 0 Å². The molecule has 2 aromatic carbocycles. The fraction of sp³-hybridized carbons (Fsp3) is 0.118. The number of hydrogen-bond acceptors (Lipinski definition) is 6. The molecule has 3 aromatic rings. The molecule has 0 saturated heterocycles. The Morgan fingerprint density at radius 2 is 1.57 bits per heavy atom. The van der Waals surface area contributed by atoms with E-state index in [1.807, 2.05) is 6.07 Å². The van der Waals surface area contributed by atoms with Crippen LogP contribution >= 0.6 is 0 Å². The number of aromatic nitrogens is 1. The Hall–Kier alpha value is -3.15. The van der Waals surface area contributed by atoms with Crippen LogP contribution in [0.4, 0.5) is 11.4 Å². The molecule has 0 fully saturated rings. The molecule has 3 rings (SSSR count). The molecular weight excluding hydrogens is 294 g/mol. The van der Waals surface area contributed by atoms with E-state index in [1.165, 1.54) is 0 Å². The summed E-state index contributed by atoms with van der Waals surface area (Å²) < 4.78 is 16.6. The Labute approximate surface area is 133 Å². The minimum Gasteiger partial charge on any atom is -0.493 e. The molecule has 0 aliphatic rings. The zero-order valence-corrected chi connectivity index (χ0v) is 12.9. The van der Waals surface area contributed by atoms with Gasteiger partial charge in [-0.2, -0.15) is 0 Å². The van der Waals surface area contributed by atoms with Gasteiger partial charge in [0, 0.05) is 23.7 Å².